The lowest BCUT2D eigenvalue weighted by Gasteiger charge is -2.19. The van der Waals surface area contributed by atoms with E-state index in [0.29, 0.717) is 12.1 Å². The number of carbonyl (C=O) groups is 2. The molecule has 4 rings (SSSR count). The predicted octanol–water partition coefficient (Wildman–Crippen LogP) is 4.98. The molecule has 1 atom stereocenters. The van der Waals surface area contributed by atoms with Crippen molar-refractivity contribution in [2.75, 3.05) is 0 Å². The monoisotopic (exact) mass is 398 g/mol. The third kappa shape index (κ3) is 4.81. The number of Topliss-reactive ketones (excluding diaryl/α,β-unsaturated/α-hetero) is 1. The highest BCUT2D eigenvalue weighted by Crippen LogP contribution is 2.25. The SMILES string of the molecule is O=C(CCC(=O)c1ccccc1)OC(Cn1ccnc1)c1ccc2ccccc2c1. The minimum atomic E-state index is -0.469. The topological polar surface area (TPSA) is 61.2 Å². The van der Waals surface area contributed by atoms with Gasteiger partial charge in [0.1, 0.15) is 6.10 Å². The van der Waals surface area contributed by atoms with E-state index in [9.17, 15) is 9.59 Å². The Morgan fingerprint density at radius 1 is 0.900 bits per heavy atom. The van der Waals surface area contributed by atoms with Gasteiger partial charge in [0.15, 0.2) is 5.78 Å². The lowest BCUT2D eigenvalue weighted by atomic mass is 10.0. The van der Waals surface area contributed by atoms with Crippen LogP contribution in [-0.2, 0) is 16.1 Å². The molecular weight excluding hydrogens is 376 g/mol. The van der Waals surface area contributed by atoms with Crippen molar-refractivity contribution in [2.45, 2.75) is 25.5 Å². The maximum atomic E-state index is 12.6. The molecule has 3 aromatic carbocycles. The van der Waals surface area contributed by atoms with Gasteiger partial charge in [-0.3, -0.25) is 9.59 Å². The number of ether oxygens (including phenoxy) is 1. The molecule has 0 aliphatic rings. The Bertz CT molecular complexity index is 1140. The van der Waals surface area contributed by atoms with Gasteiger partial charge in [0, 0.05) is 24.4 Å². The number of fused-ring (bicyclic) bond motifs is 1. The Morgan fingerprint density at radius 2 is 1.67 bits per heavy atom. The lowest BCUT2D eigenvalue weighted by molar-refractivity contribution is -0.150. The van der Waals surface area contributed by atoms with Crippen molar-refractivity contribution in [3.8, 4) is 0 Å². The van der Waals surface area contributed by atoms with Gasteiger partial charge in [0.2, 0.25) is 0 Å². The number of ketones is 1. The average Bonchev–Trinajstić information content (AvgIpc) is 3.30. The van der Waals surface area contributed by atoms with E-state index in [1.807, 2.05) is 71.4 Å². The molecule has 1 heterocycles. The molecular formula is C25H22N2O3. The van der Waals surface area contributed by atoms with E-state index in [1.165, 1.54) is 0 Å². The second-order valence-electron chi connectivity index (χ2n) is 7.13. The molecule has 0 radical (unpaired) electrons. The molecule has 0 fully saturated rings. The van der Waals surface area contributed by atoms with E-state index in [1.54, 1.807) is 24.7 Å². The summed E-state index contributed by atoms with van der Waals surface area (Å²) >= 11 is 0. The molecule has 1 unspecified atom stereocenters. The molecule has 1 aromatic heterocycles. The number of imidazole rings is 1. The number of aromatic nitrogens is 2. The number of esters is 1. The van der Waals surface area contributed by atoms with Crippen LogP contribution >= 0.6 is 0 Å². The summed E-state index contributed by atoms with van der Waals surface area (Å²) in [6.07, 6.45) is 4.92. The van der Waals surface area contributed by atoms with E-state index in [-0.39, 0.29) is 18.6 Å². The minimum absolute atomic E-state index is 0.0434. The Labute approximate surface area is 174 Å². The van der Waals surface area contributed by atoms with Crippen molar-refractivity contribution in [1.29, 1.82) is 0 Å². The molecule has 0 saturated carbocycles. The minimum Gasteiger partial charge on any atom is -0.456 e. The van der Waals surface area contributed by atoms with E-state index in [0.717, 1.165) is 16.3 Å². The van der Waals surface area contributed by atoms with Crippen molar-refractivity contribution < 1.29 is 14.3 Å². The van der Waals surface area contributed by atoms with Crippen molar-refractivity contribution in [2.24, 2.45) is 0 Å². The number of nitrogens with zero attached hydrogens (tertiary/aromatic N) is 2. The van der Waals surface area contributed by atoms with Crippen LogP contribution < -0.4 is 0 Å². The van der Waals surface area contributed by atoms with Crippen LogP contribution in [0.4, 0.5) is 0 Å². The first-order chi connectivity index (χ1) is 14.7. The van der Waals surface area contributed by atoms with Crippen molar-refractivity contribution in [1.82, 2.24) is 9.55 Å². The number of hydrogen-bond donors (Lipinski definition) is 0. The third-order valence-electron chi connectivity index (χ3n) is 5.01. The Kier molecular flexibility index (Phi) is 5.99. The van der Waals surface area contributed by atoms with Gasteiger partial charge in [-0.1, -0.05) is 66.7 Å². The highest BCUT2D eigenvalue weighted by atomic mass is 16.5. The highest BCUT2D eigenvalue weighted by Gasteiger charge is 2.19. The second-order valence-corrected chi connectivity index (χ2v) is 7.13. The van der Waals surface area contributed by atoms with Crippen molar-refractivity contribution in [3.05, 3.63) is 103 Å². The normalized spacial score (nSPS) is 11.9. The summed E-state index contributed by atoms with van der Waals surface area (Å²) in [5.74, 6) is -0.457. The lowest BCUT2D eigenvalue weighted by Crippen LogP contribution is -2.17. The zero-order chi connectivity index (χ0) is 20.8. The largest absolute Gasteiger partial charge is 0.456 e. The first kappa shape index (κ1) is 19.6. The summed E-state index contributed by atoms with van der Waals surface area (Å²) in [6.45, 7) is 0.455. The van der Waals surface area contributed by atoms with Crippen LogP contribution in [0.5, 0.6) is 0 Å². The molecule has 5 heteroatoms. The Morgan fingerprint density at radius 3 is 2.43 bits per heavy atom. The fourth-order valence-corrected chi connectivity index (χ4v) is 3.41. The van der Waals surface area contributed by atoms with Crippen LogP contribution in [0.25, 0.3) is 10.8 Å². The predicted molar refractivity (Wildman–Crippen MR) is 115 cm³/mol. The molecule has 4 aromatic rings. The van der Waals surface area contributed by atoms with Crippen LogP contribution in [0.2, 0.25) is 0 Å². The molecule has 0 saturated heterocycles. The number of rotatable bonds is 8. The van der Waals surface area contributed by atoms with Crippen LogP contribution in [0.1, 0.15) is 34.9 Å². The van der Waals surface area contributed by atoms with E-state index in [2.05, 4.69) is 4.98 Å². The van der Waals surface area contributed by atoms with Gasteiger partial charge >= 0.3 is 5.97 Å². The summed E-state index contributed by atoms with van der Waals surface area (Å²) in [4.78, 5) is 28.9. The first-order valence-corrected chi connectivity index (χ1v) is 9.91. The molecule has 30 heavy (non-hydrogen) atoms. The molecule has 0 aliphatic heterocycles. The molecule has 150 valence electrons. The van der Waals surface area contributed by atoms with Crippen LogP contribution in [0.3, 0.4) is 0 Å². The summed E-state index contributed by atoms with van der Waals surface area (Å²) in [6, 6.07) is 23.1. The van der Waals surface area contributed by atoms with Gasteiger partial charge < -0.3 is 9.30 Å². The standard InChI is InChI=1S/C25H22N2O3/c28-23(20-7-2-1-3-8-20)12-13-25(29)30-24(17-27-15-14-26-18-27)22-11-10-19-6-4-5-9-21(19)16-22/h1-11,14-16,18,24H,12-13,17H2. The van der Waals surface area contributed by atoms with Crippen LogP contribution in [0, 0.1) is 0 Å². The number of hydrogen-bond acceptors (Lipinski definition) is 4. The summed E-state index contributed by atoms with van der Waals surface area (Å²) < 4.78 is 7.68. The smallest absolute Gasteiger partial charge is 0.306 e. The zero-order valence-electron chi connectivity index (χ0n) is 16.5. The number of carbonyl (C=O) groups excluding carboxylic acids is 2. The molecule has 0 aliphatic carbocycles. The van der Waals surface area contributed by atoms with Crippen LogP contribution in [0.15, 0.2) is 91.5 Å². The molecule has 0 N–H and O–H groups in total. The molecule has 5 nitrogen and oxygen atoms in total. The second kappa shape index (κ2) is 9.18. The van der Waals surface area contributed by atoms with E-state index < -0.39 is 12.1 Å². The first-order valence-electron chi connectivity index (χ1n) is 9.91. The quantitative estimate of drug-likeness (QED) is 0.310. The maximum Gasteiger partial charge on any atom is 0.306 e. The third-order valence-corrected chi connectivity index (χ3v) is 5.01. The van der Waals surface area contributed by atoms with Crippen LogP contribution in [-0.4, -0.2) is 21.3 Å². The highest BCUT2D eigenvalue weighted by molar-refractivity contribution is 5.97. The number of benzene rings is 3. The van der Waals surface area contributed by atoms with E-state index >= 15 is 0 Å². The molecule has 0 bridgehead atoms. The average molecular weight is 398 g/mol. The Balaban J connectivity index is 1.48. The Hall–Kier alpha value is -3.73. The van der Waals surface area contributed by atoms with Crippen molar-refractivity contribution >= 4 is 22.5 Å². The van der Waals surface area contributed by atoms with Gasteiger partial charge in [0.05, 0.1) is 19.3 Å². The molecule has 0 amide bonds. The summed E-state index contributed by atoms with van der Waals surface area (Å²) in [5.41, 5.74) is 1.51. The van der Waals surface area contributed by atoms with Gasteiger partial charge in [-0.05, 0) is 22.4 Å². The zero-order valence-corrected chi connectivity index (χ0v) is 16.5. The van der Waals surface area contributed by atoms with Gasteiger partial charge in [-0.25, -0.2) is 4.98 Å². The molecule has 0 spiro atoms. The maximum absolute atomic E-state index is 12.6. The fourth-order valence-electron chi connectivity index (χ4n) is 3.41. The van der Waals surface area contributed by atoms with Crippen molar-refractivity contribution in [3.63, 3.8) is 0 Å². The van der Waals surface area contributed by atoms with E-state index in [4.69, 9.17) is 4.74 Å². The summed E-state index contributed by atoms with van der Waals surface area (Å²) in [7, 11) is 0. The van der Waals surface area contributed by atoms with Gasteiger partial charge in [0.25, 0.3) is 0 Å². The van der Waals surface area contributed by atoms with Gasteiger partial charge in [-0.2, -0.15) is 0 Å². The fraction of sp³-hybridized carbons (Fsp3) is 0.160. The summed E-state index contributed by atoms with van der Waals surface area (Å²) in [5, 5.41) is 2.21. The van der Waals surface area contributed by atoms with Gasteiger partial charge in [-0.15, -0.1) is 0 Å².